The first-order valence-electron chi connectivity index (χ1n) is 14.0. The lowest BCUT2D eigenvalue weighted by Gasteiger charge is -2.40. The third-order valence-electron chi connectivity index (χ3n) is 7.45. The Morgan fingerprint density at radius 3 is 1.95 bits per heavy atom. The highest BCUT2D eigenvalue weighted by atomic mass is 16.5. The zero-order chi connectivity index (χ0) is 29.3. The molecule has 4 aromatic carbocycles. The second-order valence-corrected chi connectivity index (χ2v) is 10.0. The van der Waals surface area contributed by atoms with Crippen LogP contribution in [0.1, 0.15) is 33.1 Å². The average molecular weight is 562 g/mol. The second-order valence-electron chi connectivity index (χ2n) is 10.0. The van der Waals surface area contributed by atoms with Crippen molar-refractivity contribution >= 4 is 23.6 Å². The number of hydrogen-bond donors (Lipinski definition) is 1. The molecule has 7 heteroatoms. The molecule has 2 amide bonds. The van der Waals surface area contributed by atoms with Crippen LogP contribution in [-0.4, -0.2) is 62.0 Å². The summed E-state index contributed by atoms with van der Waals surface area (Å²) in [6, 6.07) is 33.7. The van der Waals surface area contributed by atoms with E-state index in [-0.39, 0.29) is 17.9 Å². The fourth-order valence-corrected chi connectivity index (χ4v) is 5.32. The molecule has 4 aromatic rings. The maximum absolute atomic E-state index is 13.6. The molecule has 7 nitrogen and oxygen atoms in total. The molecular formula is C35H35N3O4. The van der Waals surface area contributed by atoms with Gasteiger partial charge in [-0.05, 0) is 47.0 Å². The Morgan fingerprint density at radius 1 is 0.738 bits per heavy atom. The first kappa shape index (κ1) is 28.6. The molecule has 1 N–H and O–H groups in total. The highest BCUT2D eigenvalue weighted by Crippen LogP contribution is 2.30. The van der Waals surface area contributed by atoms with Crippen molar-refractivity contribution in [2.45, 2.75) is 6.04 Å². The summed E-state index contributed by atoms with van der Waals surface area (Å²) >= 11 is 0. The number of piperazine rings is 1. The van der Waals surface area contributed by atoms with E-state index in [0.717, 1.165) is 18.7 Å². The van der Waals surface area contributed by atoms with Crippen LogP contribution in [0.4, 0.5) is 5.69 Å². The molecule has 5 rings (SSSR count). The Bertz CT molecular complexity index is 1490. The Hall–Kier alpha value is -4.88. The van der Waals surface area contributed by atoms with Crippen LogP contribution in [0, 0.1) is 0 Å². The number of carbonyl (C=O) groups is 2. The van der Waals surface area contributed by atoms with Gasteiger partial charge in [0.2, 0.25) is 5.91 Å². The minimum Gasteiger partial charge on any atom is -0.493 e. The zero-order valence-electron chi connectivity index (χ0n) is 23.9. The standard InChI is InChI=1S/C35H35N3O4/c1-41-31-19-17-26(25-32(31)42-2)18-20-33(39)36-30-16-10-9-15-29(30)35(40)38-23-21-37(22-24-38)34(27-11-5-3-6-12-27)28-13-7-4-8-14-28/h3-20,25,34H,21-24H2,1-2H3,(H,36,39)/b20-18+. The molecule has 0 aromatic heterocycles. The van der Waals surface area contributed by atoms with Gasteiger partial charge in [0.15, 0.2) is 11.5 Å². The van der Waals surface area contributed by atoms with Gasteiger partial charge in [0.05, 0.1) is 31.5 Å². The van der Waals surface area contributed by atoms with Gasteiger partial charge < -0.3 is 19.7 Å². The average Bonchev–Trinajstić information content (AvgIpc) is 3.05. The SMILES string of the molecule is COc1ccc(/C=C/C(=O)Nc2ccccc2C(=O)N2CCN(C(c3ccccc3)c3ccccc3)CC2)cc1OC. The minimum atomic E-state index is -0.330. The topological polar surface area (TPSA) is 71.1 Å². The predicted molar refractivity (Wildman–Crippen MR) is 166 cm³/mol. The molecule has 0 aliphatic carbocycles. The van der Waals surface area contributed by atoms with Crippen LogP contribution < -0.4 is 14.8 Å². The molecule has 0 bridgehead atoms. The summed E-state index contributed by atoms with van der Waals surface area (Å²) in [5, 5.41) is 2.88. The highest BCUT2D eigenvalue weighted by Gasteiger charge is 2.29. The van der Waals surface area contributed by atoms with E-state index in [9.17, 15) is 9.59 Å². The van der Waals surface area contributed by atoms with Crippen molar-refractivity contribution in [2.24, 2.45) is 0 Å². The van der Waals surface area contributed by atoms with Crippen molar-refractivity contribution in [2.75, 3.05) is 45.7 Å². The lowest BCUT2D eigenvalue weighted by atomic mass is 9.96. The molecule has 0 atom stereocenters. The summed E-state index contributed by atoms with van der Waals surface area (Å²) in [6.45, 7) is 2.67. The third-order valence-corrected chi connectivity index (χ3v) is 7.45. The van der Waals surface area contributed by atoms with Gasteiger partial charge in [0.25, 0.3) is 5.91 Å². The number of amides is 2. The number of nitrogens with zero attached hydrogens (tertiary/aromatic N) is 2. The maximum atomic E-state index is 13.6. The van der Waals surface area contributed by atoms with E-state index in [4.69, 9.17) is 9.47 Å². The predicted octanol–water partition coefficient (Wildman–Crippen LogP) is 5.90. The minimum absolute atomic E-state index is 0.0922. The van der Waals surface area contributed by atoms with Crippen molar-refractivity contribution < 1.29 is 19.1 Å². The quantitative estimate of drug-likeness (QED) is 0.258. The van der Waals surface area contributed by atoms with Crippen molar-refractivity contribution in [3.05, 3.63) is 131 Å². The van der Waals surface area contributed by atoms with E-state index in [0.29, 0.717) is 35.8 Å². The Morgan fingerprint density at radius 2 is 1.33 bits per heavy atom. The van der Waals surface area contributed by atoms with Gasteiger partial charge in [-0.3, -0.25) is 14.5 Å². The summed E-state index contributed by atoms with van der Waals surface area (Å²) in [6.07, 6.45) is 3.13. The number of carbonyl (C=O) groups excluding carboxylic acids is 2. The molecule has 1 fully saturated rings. The molecule has 42 heavy (non-hydrogen) atoms. The summed E-state index contributed by atoms with van der Waals surface area (Å²) in [7, 11) is 3.14. The van der Waals surface area contributed by atoms with Crippen LogP contribution in [0.25, 0.3) is 6.08 Å². The number of para-hydroxylation sites is 1. The molecule has 0 spiro atoms. The van der Waals surface area contributed by atoms with Crippen LogP contribution in [0.2, 0.25) is 0 Å². The normalized spacial score (nSPS) is 13.7. The van der Waals surface area contributed by atoms with Gasteiger partial charge >= 0.3 is 0 Å². The van der Waals surface area contributed by atoms with Crippen LogP contribution >= 0.6 is 0 Å². The van der Waals surface area contributed by atoms with Crippen molar-refractivity contribution in [1.29, 1.82) is 0 Å². The fourth-order valence-electron chi connectivity index (χ4n) is 5.32. The van der Waals surface area contributed by atoms with Crippen LogP contribution in [0.3, 0.4) is 0 Å². The van der Waals surface area contributed by atoms with E-state index in [2.05, 4.69) is 58.7 Å². The van der Waals surface area contributed by atoms with Crippen molar-refractivity contribution in [1.82, 2.24) is 9.80 Å². The molecule has 1 heterocycles. The van der Waals surface area contributed by atoms with Crippen molar-refractivity contribution in [3.8, 4) is 11.5 Å². The number of nitrogens with one attached hydrogen (secondary N) is 1. The Kier molecular flexibility index (Phi) is 9.31. The smallest absolute Gasteiger partial charge is 0.256 e. The third kappa shape index (κ3) is 6.70. The number of hydrogen-bond acceptors (Lipinski definition) is 5. The van der Waals surface area contributed by atoms with Gasteiger partial charge in [-0.25, -0.2) is 0 Å². The summed E-state index contributed by atoms with van der Waals surface area (Å²) in [4.78, 5) is 30.8. The Balaban J connectivity index is 1.25. The molecule has 0 unspecified atom stereocenters. The highest BCUT2D eigenvalue weighted by molar-refractivity contribution is 6.07. The molecule has 1 saturated heterocycles. The van der Waals surface area contributed by atoms with E-state index in [1.165, 1.54) is 17.2 Å². The van der Waals surface area contributed by atoms with Crippen LogP contribution in [0.15, 0.2) is 109 Å². The molecule has 0 saturated carbocycles. The molecule has 1 aliphatic heterocycles. The molecule has 214 valence electrons. The number of methoxy groups -OCH3 is 2. The first-order valence-corrected chi connectivity index (χ1v) is 14.0. The van der Waals surface area contributed by atoms with Gasteiger partial charge in [0.1, 0.15) is 0 Å². The summed E-state index contributed by atoms with van der Waals surface area (Å²) in [5.41, 5.74) is 4.21. The van der Waals surface area contributed by atoms with E-state index in [1.807, 2.05) is 35.2 Å². The fraction of sp³-hybridized carbons (Fsp3) is 0.200. The summed E-state index contributed by atoms with van der Waals surface area (Å²) < 4.78 is 10.6. The van der Waals surface area contributed by atoms with Crippen LogP contribution in [0.5, 0.6) is 11.5 Å². The lowest BCUT2D eigenvalue weighted by Crippen LogP contribution is -2.50. The van der Waals surface area contributed by atoms with Gasteiger partial charge in [-0.15, -0.1) is 0 Å². The molecule has 1 aliphatic rings. The maximum Gasteiger partial charge on any atom is 0.256 e. The molecular weight excluding hydrogens is 526 g/mol. The van der Waals surface area contributed by atoms with E-state index in [1.54, 1.807) is 44.6 Å². The van der Waals surface area contributed by atoms with Crippen molar-refractivity contribution in [3.63, 3.8) is 0 Å². The zero-order valence-corrected chi connectivity index (χ0v) is 23.9. The lowest BCUT2D eigenvalue weighted by molar-refractivity contribution is -0.111. The van der Waals surface area contributed by atoms with E-state index < -0.39 is 0 Å². The van der Waals surface area contributed by atoms with Gasteiger partial charge in [0, 0.05) is 32.3 Å². The number of anilines is 1. The monoisotopic (exact) mass is 561 g/mol. The molecule has 0 radical (unpaired) electrons. The second kappa shape index (κ2) is 13.7. The number of benzene rings is 4. The number of ether oxygens (including phenoxy) is 2. The number of rotatable bonds is 9. The van der Waals surface area contributed by atoms with E-state index >= 15 is 0 Å². The largest absolute Gasteiger partial charge is 0.493 e. The van der Waals surface area contributed by atoms with Gasteiger partial charge in [-0.1, -0.05) is 78.9 Å². The van der Waals surface area contributed by atoms with Gasteiger partial charge in [-0.2, -0.15) is 0 Å². The first-order chi connectivity index (χ1) is 20.6. The Labute approximate surface area is 247 Å². The van der Waals surface area contributed by atoms with Crippen LogP contribution in [-0.2, 0) is 4.79 Å². The summed E-state index contributed by atoms with van der Waals surface area (Å²) in [5.74, 6) is 0.770.